The van der Waals surface area contributed by atoms with Gasteiger partial charge in [0.25, 0.3) is 0 Å². The maximum Gasteiger partial charge on any atom is 0.497 e. The molecule has 0 bridgehead atoms. The highest BCUT2D eigenvalue weighted by Gasteiger charge is 2.34. The highest BCUT2D eigenvalue weighted by molar-refractivity contribution is 6.59. The first-order valence-corrected chi connectivity index (χ1v) is 17.7. The van der Waals surface area contributed by atoms with Crippen molar-refractivity contribution in [3.63, 3.8) is 0 Å². The summed E-state index contributed by atoms with van der Waals surface area (Å²) in [5, 5.41) is 0. The monoisotopic (exact) mass is 522 g/mol. The second-order valence-corrected chi connectivity index (χ2v) is 12.3. The highest BCUT2D eigenvalue weighted by Crippen LogP contribution is 2.16. The van der Waals surface area contributed by atoms with Crippen molar-refractivity contribution in [2.45, 2.75) is 67.3 Å². The van der Waals surface area contributed by atoms with Crippen LogP contribution in [0.3, 0.4) is 0 Å². The molecular formula is C19H50O10Si3. The second-order valence-electron chi connectivity index (χ2n) is 5.87. The highest BCUT2D eigenvalue weighted by atomic mass is 28.4. The molecule has 0 aliphatic carbocycles. The standard InChI is InChI=1S/C8H20O4Si.C7H18O3Si.C4H12O3Si/c1-5-9-8(10-6-2,11-7-3)12-13-4;1-5-8-11(4,9-6-2)10-7-3;1-5-8(4,6-2)7-3/h5-7,13H2,1-4H3;5-7H2,1-4H3;1-4H3. The summed E-state index contributed by atoms with van der Waals surface area (Å²) in [5.74, 6) is 0. The van der Waals surface area contributed by atoms with Crippen molar-refractivity contribution in [2.24, 2.45) is 0 Å². The SMILES string of the molecule is CCOC(OCC)(OCC)O[SiH2]C.CCO[Si](C)(OCC)OCC.CO[Si](C)(OC)OC. The van der Waals surface area contributed by atoms with Gasteiger partial charge in [-0.15, -0.1) is 0 Å². The average molecular weight is 523 g/mol. The molecule has 0 aliphatic rings. The second kappa shape index (κ2) is 23.0. The van der Waals surface area contributed by atoms with Crippen LogP contribution in [0.1, 0.15) is 41.5 Å². The maximum atomic E-state index is 5.42. The van der Waals surface area contributed by atoms with E-state index in [2.05, 4.69) is 0 Å². The van der Waals surface area contributed by atoms with E-state index in [1.165, 1.54) is 0 Å². The van der Waals surface area contributed by atoms with Crippen LogP contribution in [0.15, 0.2) is 0 Å². The minimum absolute atomic E-state index is 0.508. The zero-order valence-electron chi connectivity index (χ0n) is 22.5. The van der Waals surface area contributed by atoms with Gasteiger partial charge in [0.05, 0.1) is 19.8 Å². The molecule has 0 N–H and O–H groups in total. The fraction of sp³-hybridized carbons (Fsp3) is 1.00. The topological polar surface area (TPSA) is 92.3 Å². The minimum Gasteiger partial charge on any atom is -0.377 e. The van der Waals surface area contributed by atoms with Crippen LogP contribution in [0.5, 0.6) is 0 Å². The summed E-state index contributed by atoms with van der Waals surface area (Å²) in [6, 6.07) is 0. The number of hydrogen-bond acceptors (Lipinski definition) is 10. The Bertz CT molecular complexity index is 336. The molecule has 0 spiro atoms. The van der Waals surface area contributed by atoms with Gasteiger partial charge in [0.15, 0.2) is 9.76 Å². The predicted molar refractivity (Wildman–Crippen MR) is 132 cm³/mol. The smallest absolute Gasteiger partial charge is 0.377 e. The lowest BCUT2D eigenvalue weighted by Crippen LogP contribution is -2.43. The molecule has 0 saturated heterocycles. The van der Waals surface area contributed by atoms with E-state index >= 15 is 0 Å². The molecule has 0 atom stereocenters. The molecule has 13 heteroatoms. The lowest BCUT2D eigenvalue weighted by atomic mass is 10.8. The summed E-state index contributed by atoms with van der Waals surface area (Å²) in [4.78, 5) is 0. The van der Waals surface area contributed by atoms with Crippen molar-refractivity contribution in [3.05, 3.63) is 0 Å². The van der Waals surface area contributed by atoms with Gasteiger partial charge in [-0.3, -0.25) is 0 Å². The van der Waals surface area contributed by atoms with E-state index in [1.807, 2.05) is 61.2 Å². The molecule has 32 heavy (non-hydrogen) atoms. The van der Waals surface area contributed by atoms with Gasteiger partial charge < -0.3 is 45.2 Å². The van der Waals surface area contributed by atoms with Crippen molar-refractivity contribution in [1.82, 2.24) is 0 Å². The van der Waals surface area contributed by atoms with Crippen LogP contribution in [0.4, 0.5) is 0 Å². The molecule has 0 amide bonds. The Balaban J connectivity index is -0.000000406. The molecule has 0 aromatic carbocycles. The molecule has 10 nitrogen and oxygen atoms in total. The normalized spacial score (nSPS) is 12.4. The zero-order valence-corrected chi connectivity index (χ0v) is 25.9. The largest absolute Gasteiger partial charge is 0.497 e. The van der Waals surface area contributed by atoms with Crippen molar-refractivity contribution in [3.8, 4) is 0 Å². The summed E-state index contributed by atoms with van der Waals surface area (Å²) in [6.07, 6.45) is -1.24. The Morgan fingerprint density at radius 2 is 0.875 bits per heavy atom. The number of hydrogen-bond donors (Lipinski definition) is 0. The van der Waals surface area contributed by atoms with E-state index < -0.39 is 33.5 Å². The van der Waals surface area contributed by atoms with Gasteiger partial charge in [-0.1, -0.05) is 6.55 Å². The molecule has 0 fully saturated rings. The third-order valence-electron chi connectivity index (χ3n) is 3.62. The first-order valence-electron chi connectivity index (χ1n) is 11.2. The van der Waals surface area contributed by atoms with E-state index in [1.54, 1.807) is 21.3 Å². The van der Waals surface area contributed by atoms with E-state index in [0.717, 1.165) is 0 Å². The minimum atomic E-state index is -2.25. The molecule has 0 rings (SSSR count). The fourth-order valence-corrected chi connectivity index (χ4v) is 5.05. The fourth-order valence-electron chi connectivity index (χ4n) is 2.12. The zero-order chi connectivity index (χ0) is 25.5. The lowest BCUT2D eigenvalue weighted by Gasteiger charge is -2.31. The van der Waals surface area contributed by atoms with E-state index in [0.29, 0.717) is 39.6 Å². The summed E-state index contributed by atoms with van der Waals surface area (Å²) in [6.45, 7) is 20.7. The Morgan fingerprint density at radius 1 is 0.562 bits per heavy atom. The molecule has 0 heterocycles. The van der Waals surface area contributed by atoms with Gasteiger partial charge >= 0.3 is 23.8 Å². The molecule has 0 unspecified atom stereocenters. The van der Waals surface area contributed by atoms with Gasteiger partial charge in [0, 0.05) is 54.2 Å². The Kier molecular flexibility index (Phi) is 26.5. The summed E-state index contributed by atoms with van der Waals surface area (Å²) < 4.78 is 52.4. The van der Waals surface area contributed by atoms with Crippen LogP contribution in [-0.4, -0.2) is 94.5 Å². The van der Waals surface area contributed by atoms with Crippen LogP contribution in [0, 0.1) is 0 Å². The Morgan fingerprint density at radius 3 is 1.03 bits per heavy atom. The third kappa shape index (κ3) is 18.7. The van der Waals surface area contributed by atoms with E-state index in [9.17, 15) is 0 Å². The van der Waals surface area contributed by atoms with Gasteiger partial charge in [0.1, 0.15) is 0 Å². The van der Waals surface area contributed by atoms with Crippen LogP contribution >= 0.6 is 0 Å². The molecule has 0 radical (unpaired) electrons. The van der Waals surface area contributed by atoms with E-state index in [4.69, 9.17) is 45.2 Å². The quantitative estimate of drug-likeness (QED) is 0.210. The van der Waals surface area contributed by atoms with Crippen molar-refractivity contribution < 1.29 is 45.2 Å². The molecule has 0 aromatic heterocycles. The molecular weight excluding hydrogens is 472 g/mol. The molecule has 198 valence electrons. The first-order chi connectivity index (χ1) is 15.1. The van der Waals surface area contributed by atoms with Crippen LogP contribution in [0.2, 0.25) is 19.6 Å². The van der Waals surface area contributed by atoms with Crippen molar-refractivity contribution >= 4 is 27.4 Å². The number of ether oxygens (including phenoxy) is 3. The summed E-state index contributed by atoms with van der Waals surface area (Å²) >= 11 is 0. The predicted octanol–water partition coefficient (Wildman–Crippen LogP) is 3.01. The lowest BCUT2D eigenvalue weighted by molar-refractivity contribution is -0.469. The Labute approximate surface area is 201 Å². The van der Waals surface area contributed by atoms with Crippen LogP contribution in [0.25, 0.3) is 0 Å². The molecule has 0 aromatic rings. The number of rotatable bonds is 17. The van der Waals surface area contributed by atoms with Gasteiger partial charge in [-0.05, 0) is 41.5 Å². The van der Waals surface area contributed by atoms with Gasteiger partial charge in [-0.2, -0.15) is 0 Å². The summed E-state index contributed by atoms with van der Waals surface area (Å²) in [7, 11) is -0.299. The summed E-state index contributed by atoms with van der Waals surface area (Å²) in [5.41, 5.74) is 0. The van der Waals surface area contributed by atoms with Gasteiger partial charge in [-0.25, -0.2) is 0 Å². The first kappa shape index (κ1) is 36.8. The third-order valence-corrected chi connectivity index (χ3v) is 8.92. The average Bonchev–Trinajstić information content (AvgIpc) is 2.75. The van der Waals surface area contributed by atoms with E-state index in [-0.39, 0.29) is 0 Å². The maximum absolute atomic E-state index is 5.42. The Hall–Kier alpha value is 0.251. The van der Waals surface area contributed by atoms with Crippen molar-refractivity contribution in [1.29, 1.82) is 0 Å². The van der Waals surface area contributed by atoms with Gasteiger partial charge in [0.2, 0.25) is 0 Å². The van der Waals surface area contributed by atoms with Crippen molar-refractivity contribution in [2.75, 3.05) is 61.0 Å². The van der Waals surface area contributed by atoms with Crippen LogP contribution in [-0.2, 0) is 45.2 Å². The van der Waals surface area contributed by atoms with Crippen LogP contribution < -0.4 is 0 Å². The molecule has 0 saturated carbocycles. The molecule has 0 aliphatic heterocycles.